The summed E-state index contributed by atoms with van der Waals surface area (Å²) in [5.41, 5.74) is -0.211. The van der Waals surface area contributed by atoms with Crippen LogP contribution in [0.1, 0.15) is 19.3 Å². The normalized spacial score (nSPS) is 22.7. The zero-order valence-electron chi connectivity index (χ0n) is 15.3. The number of nitrogens with zero attached hydrogens (tertiary/aromatic N) is 3. The molecule has 1 aromatic heterocycles. The third kappa shape index (κ3) is 5.21. The molecule has 1 atom stereocenters. The van der Waals surface area contributed by atoms with E-state index in [9.17, 15) is 21.6 Å². The van der Waals surface area contributed by atoms with Crippen molar-refractivity contribution in [1.29, 1.82) is 0 Å². The highest BCUT2D eigenvalue weighted by Gasteiger charge is 2.45. The Balaban J connectivity index is 0.000000345. The van der Waals surface area contributed by atoms with Crippen LogP contribution in [-0.4, -0.2) is 78.0 Å². The Morgan fingerprint density at radius 2 is 1.96 bits per heavy atom. The van der Waals surface area contributed by atoms with Crippen LogP contribution >= 0.6 is 0 Å². The van der Waals surface area contributed by atoms with Crippen molar-refractivity contribution in [3.63, 3.8) is 0 Å². The van der Waals surface area contributed by atoms with E-state index >= 15 is 0 Å². The number of aromatic nitrogens is 2. The van der Waals surface area contributed by atoms with E-state index in [2.05, 4.69) is 4.98 Å². The second-order valence-electron chi connectivity index (χ2n) is 6.64. The molecule has 0 amide bonds. The van der Waals surface area contributed by atoms with Crippen LogP contribution in [0.5, 0.6) is 0 Å². The van der Waals surface area contributed by atoms with Gasteiger partial charge in [0.2, 0.25) is 0 Å². The molecule has 2 fully saturated rings. The molecule has 160 valence electrons. The monoisotopic (exact) mass is 429 g/mol. The number of hydrogen-bond acceptors (Lipinski definition) is 6. The molecule has 3 rings (SSSR count). The van der Waals surface area contributed by atoms with Gasteiger partial charge in [0.15, 0.2) is 5.03 Å². The minimum Gasteiger partial charge on any atom is -0.475 e. The van der Waals surface area contributed by atoms with Gasteiger partial charge >= 0.3 is 12.1 Å². The summed E-state index contributed by atoms with van der Waals surface area (Å²) in [4.78, 5) is 12.9. The fourth-order valence-electron chi connectivity index (χ4n) is 3.09. The number of carboxylic acid groups (broad SMARTS) is 1. The minimum absolute atomic E-state index is 0.114. The molecule has 2 aliphatic heterocycles. The highest BCUT2D eigenvalue weighted by Crippen LogP contribution is 2.37. The third-order valence-electron chi connectivity index (χ3n) is 4.67. The maximum absolute atomic E-state index is 12.5. The lowest BCUT2D eigenvalue weighted by molar-refractivity contribution is -0.192. The molecule has 13 heteroatoms. The molecule has 9 nitrogen and oxygen atoms in total. The van der Waals surface area contributed by atoms with Crippen LogP contribution in [-0.2, 0) is 31.3 Å². The van der Waals surface area contributed by atoms with Gasteiger partial charge in [0.25, 0.3) is 10.0 Å². The molecule has 1 spiro atoms. The van der Waals surface area contributed by atoms with Crippen molar-refractivity contribution in [2.45, 2.75) is 42.2 Å². The van der Waals surface area contributed by atoms with Crippen LogP contribution in [0.15, 0.2) is 17.6 Å². The average Bonchev–Trinajstić information content (AvgIpc) is 3.22. The summed E-state index contributed by atoms with van der Waals surface area (Å²) in [6, 6.07) is 0. The van der Waals surface area contributed by atoms with Crippen molar-refractivity contribution in [1.82, 2.24) is 13.9 Å². The number of hydrogen-bond donors (Lipinski definition) is 1. The second-order valence-corrected chi connectivity index (χ2v) is 8.53. The van der Waals surface area contributed by atoms with Crippen molar-refractivity contribution in [3.05, 3.63) is 12.5 Å². The molecule has 0 aromatic carbocycles. The zero-order chi connectivity index (χ0) is 21.2. The van der Waals surface area contributed by atoms with Crippen molar-refractivity contribution in [2.75, 3.05) is 26.8 Å². The highest BCUT2D eigenvalue weighted by atomic mass is 32.2. The largest absolute Gasteiger partial charge is 0.490 e. The molecule has 2 saturated heterocycles. The zero-order valence-corrected chi connectivity index (χ0v) is 16.2. The van der Waals surface area contributed by atoms with E-state index in [1.807, 2.05) is 0 Å². The van der Waals surface area contributed by atoms with Crippen molar-refractivity contribution in [2.24, 2.45) is 7.05 Å². The molecule has 0 bridgehead atoms. The Hall–Kier alpha value is -1.70. The lowest BCUT2D eigenvalue weighted by Crippen LogP contribution is -2.46. The van der Waals surface area contributed by atoms with E-state index in [1.54, 1.807) is 18.7 Å². The van der Waals surface area contributed by atoms with Gasteiger partial charge in [-0.3, -0.25) is 0 Å². The molecule has 2 aliphatic rings. The number of carbonyl (C=O) groups is 1. The van der Waals surface area contributed by atoms with Crippen LogP contribution in [0.25, 0.3) is 0 Å². The molecule has 28 heavy (non-hydrogen) atoms. The Morgan fingerprint density at radius 3 is 2.36 bits per heavy atom. The van der Waals surface area contributed by atoms with Crippen molar-refractivity contribution >= 4 is 16.0 Å². The quantitative estimate of drug-likeness (QED) is 0.763. The maximum atomic E-state index is 12.5. The molecule has 0 aliphatic carbocycles. The molecule has 1 unspecified atom stereocenters. The number of rotatable bonds is 3. The second kappa shape index (κ2) is 8.35. The van der Waals surface area contributed by atoms with Crippen LogP contribution in [0.4, 0.5) is 13.2 Å². The van der Waals surface area contributed by atoms with Gasteiger partial charge in [-0.2, -0.15) is 17.5 Å². The number of carboxylic acids is 1. The number of ether oxygens (including phenoxy) is 2. The van der Waals surface area contributed by atoms with Gasteiger partial charge in [0.1, 0.15) is 0 Å². The van der Waals surface area contributed by atoms with Crippen LogP contribution in [0.3, 0.4) is 0 Å². The first-order chi connectivity index (χ1) is 12.9. The maximum Gasteiger partial charge on any atom is 0.490 e. The SMILES string of the molecule is COC1COC2(CCN(S(=O)(=O)c3cn(C)cn3)CC2)C1.O=C(O)C(F)(F)F. The first-order valence-electron chi connectivity index (χ1n) is 8.35. The summed E-state index contributed by atoms with van der Waals surface area (Å²) in [6.45, 7) is 1.54. The number of halogens is 3. The van der Waals surface area contributed by atoms with Gasteiger partial charge in [-0.25, -0.2) is 18.2 Å². The number of methoxy groups -OCH3 is 1. The standard InChI is InChI=1S/C13H21N3O4S.C2HF3O2/c1-15-8-12(14-10-15)21(17,18)16-5-3-13(4-6-16)7-11(19-2)9-20-13;3-2(4,5)1(6)7/h8,10-11H,3-7,9H2,1-2H3;(H,6,7). The summed E-state index contributed by atoms with van der Waals surface area (Å²) < 4.78 is 71.1. The van der Waals surface area contributed by atoms with Gasteiger partial charge in [0.05, 0.1) is 24.6 Å². The lowest BCUT2D eigenvalue weighted by Gasteiger charge is -2.37. The number of alkyl halides is 3. The fourth-order valence-corrected chi connectivity index (χ4v) is 4.50. The van der Waals surface area contributed by atoms with Gasteiger partial charge in [-0.15, -0.1) is 0 Å². The number of imidazole rings is 1. The van der Waals surface area contributed by atoms with Crippen molar-refractivity contribution < 1.29 is 41.0 Å². The number of aryl methyl sites for hydroxylation is 1. The van der Waals surface area contributed by atoms with Crippen molar-refractivity contribution in [3.8, 4) is 0 Å². The molecule has 1 aromatic rings. The van der Waals surface area contributed by atoms with Crippen LogP contribution in [0, 0.1) is 0 Å². The summed E-state index contributed by atoms with van der Waals surface area (Å²) in [6.07, 6.45) is 0.344. The molecule has 1 N–H and O–H groups in total. The molecular weight excluding hydrogens is 407 g/mol. The third-order valence-corrected chi connectivity index (χ3v) is 6.45. The Labute approximate surface area is 160 Å². The first-order valence-corrected chi connectivity index (χ1v) is 9.79. The van der Waals surface area contributed by atoms with E-state index in [0.29, 0.717) is 32.5 Å². The topological polar surface area (TPSA) is 111 Å². The summed E-state index contributed by atoms with van der Waals surface area (Å²) in [7, 11) is -0.0453. The highest BCUT2D eigenvalue weighted by molar-refractivity contribution is 7.89. The van der Waals surface area contributed by atoms with Gasteiger partial charge in [0, 0.05) is 39.9 Å². The van der Waals surface area contributed by atoms with Gasteiger partial charge in [-0.1, -0.05) is 0 Å². The number of piperidine rings is 1. The minimum atomic E-state index is -5.08. The fraction of sp³-hybridized carbons (Fsp3) is 0.733. The van der Waals surface area contributed by atoms with Crippen LogP contribution < -0.4 is 0 Å². The number of aliphatic carboxylic acids is 1. The first kappa shape index (κ1) is 22.6. The Kier molecular flexibility index (Phi) is 6.74. The smallest absolute Gasteiger partial charge is 0.475 e. The molecular formula is C15H22F3N3O6S. The summed E-state index contributed by atoms with van der Waals surface area (Å²) in [5.74, 6) is -2.76. The van der Waals surface area contributed by atoms with E-state index in [1.165, 1.54) is 16.8 Å². The van der Waals surface area contributed by atoms with E-state index in [0.717, 1.165) is 6.42 Å². The number of sulfonamides is 1. The predicted molar refractivity (Wildman–Crippen MR) is 89.0 cm³/mol. The molecule has 0 saturated carbocycles. The summed E-state index contributed by atoms with van der Waals surface area (Å²) in [5, 5.41) is 7.24. The molecule has 0 radical (unpaired) electrons. The van der Waals surface area contributed by atoms with Gasteiger partial charge in [-0.05, 0) is 12.8 Å². The Bertz CT molecular complexity index is 787. The Morgan fingerprint density at radius 1 is 1.39 bits per heavy atom. The lowest BCUT2D eigenvalue weighted by atomic mass is 9.89. The molecule has 3 heterocycles. The van der Waals surface area contributed by atoms with Crippen LogP contribution in [0.2, 0.25) is 0 Å². The van der Waals surface area contributed by atoms with Gasteiger partial charge < -0.3 is 19.1 Å². The summed E-state index contributed by atoms with van der Waals surface area (Å²) >= 11 is 0. The van der Waals surface area contributed by atoms with E-state index in [-0.39, 0.29) is 16.7 Å². The van der Waals surface area contributed by atoms with E-state index in [4.69, 9.17) is 19.4 Å². The van der Waals surface area contributed by atoms with E-state index < -0.39 is 22.2 Å². The average molecular weight is 429 g/mol. The predicted octanol–water partition coefficient (Wildman–Crippen LogP) is 1.01.